The van der Waals surface area contributed by atoms with Gasteiger partial charge in [-0.2, -0.15) is 23.5 Å². The van der Waals surface area contributed by atoms with Gasteiger partial charge in [0.05, 0.1) is 18.8 Å². The Hall–Kier alpha value is -2.18. The Morgan fingerprint density at radius 3 is 2.41 bits per heavy atom. The lowest BCUT2D eigenvalue weighted by molar-refractivity contribution is -0.134. The van der Waals surface area contributed by atoms with Gasteiger partial charge >= 0.3 is 0 Å². The van der Waals surface area contributed by atoms with E-state index in [1.807, 2.05) is 13.8 Å². The molecule has 10 nitrogen and oxygen atoms in total. The third-order valence-electron chi connectivity index (χ3n) is 5.29. The Morgan fingerprint density at radius 1 is 1.21 bits per heavy atom. The zero-order chi connectivity index (χ0) is 25.4. The first-order chi connectivity index (χ1) is 16.1. The number of amides is 2. The van der Waals surface area contributed by atoms with Crippen molar-refractivity contribution in [1.29, 1.82) is 0 Å². The molecule has 2 heterocycles. The van der Waals surface area contributed by atoms with Crippen molar-refractivity contribution in [3.63, 3.8) is 0 Å². The first-order valence-electron chi connectivity index (χ1n) is 10.9. The van der Waals surface area contributed by atoms with E-state index in [9.17, 15) is 19.2 Å². The van der Waals surface area contributed by atoms with E-state index in [0.29, 0.717) is 19.3 Å². The first-order valence-corrected chi connectivity index (χ1v) is 13.7. The van der Waals surface area contributed by atoms with Crippen LogP contribution in [0.4, 0.5) is 5.82 Å². The van der Waals surface area contributed by atoms with E-state index in [0.717, 1.165) is 0 Å². The molecule has 1 aliphatic rings. The summed E-state index contributed by atoms with van der Waals surface area (Å²) in [5, 5.41) is 8.36. The number of ketones is 1. The second-order valence-electron chi connectivity index (χ2n) is 8.79. The van der Waals surface area contributed by atoms with Crippen molar-refractivity contribution >= 4 is 53.2 Å². The molecule has 0 saturated carbocycles. The van der Waals surface area contributed by atoms with Crippen molar-refractivity contribution in [2.24, 2.45) is 5.92 Å². The molecule has 34 heavy (non-hydrogen) atoms. The van der Waals surface area contributed by atoms with Gasteiger partial charge in [-0.15, -0.1) is 0 Å². The van der Waals surface area contributed by atoms with Gasteiger partial charge in [0.1, 0.15) is 17.5 Å². The zero-order valence-electron chi connectivity index (χ0n) is 20.1. The molecule has 12 heteroatoms. The average molecular weight is 512 g/mol. The second-order valence-corrected chi connectivity index (χ2v) is 10.6. The van der Waals surface area contributed by atoms with Crippen LogP contribution in [-0.4, -0.2) is 87.7 Å². The van der Waals surface area contributed by atoms with Gasteiger partial charge < -0.3 is 25.5 Å². The molecule has 1 aliphatic heterocycles. The third kappa shape index (κ3) is 7.41. The van der Waals surface area contributed by atoms with Crippen molar-refractivity contribution in [2.45, 2.75) is 50.4 Å². The summed E-state index contributed by atoms with van der Waals surface area (Å²) in [5.74, 6) is -0.562. The summed E-state index contributed by atoms with van der Waals surface area (Å²) in [6.07, 6.45) is 8.84. The number of thioether (sulfide) groups is 2. The van der Waals surface area contributed by atoms with Crippen molar-refractivity contribution in [1.82, 2.24) is 20.6 Å². The van der Waals surface area contributed by atoms with Crippen molar-refractivity contribution in [2.75, 3.05) is 35.9 Å². The van der Waals surface area contributed by atoms with Crippen LogP contribution in [0.2, 0.25) is 0 Å². The number of aldehydes is 1. The standard InChI is InChI=1S/C22H33N5O5S2/c1-14(2)8-15(18(29)21(3)12-32-21)25-19(30)16(10-33-4)26-20(31)22(11-28,13-34-5)27-17-9-23-6-7-24-17/h6-7,9,11,14-16H,8,10,12-13H2,1-5H3,(H,24,27)(H,25,30)(H,26,31)/t15?,16?,21?,22-/m0/s1. The molecular weight excluding hydrogens is 478 g/mol. The van der Waals surface area contributed by atoms with Crippen molar-refractivity contribution in [3.05, 3.63) is 18.6 Å². The number of ether oxygens (including phenoxy) is 1. The second kappa shape index (κ2) is 12.5. The molecular formula is C22H33N5O5S2. The van der Waals surface area contributed by atoms with Crippen LogP contribution in [0, 0.1) is 5.92 Å². The monoisotopic (exact) mass is 511 g/mol. The largest absolute Gasteiger partial charge is 0.361 e. The minimum Gasteiger partial charge on any atom is -0.361 e. The first kappa shape index (κ1) is 28.1. The number of nitrogens with zero attached hydrogens (tertiary/aromatic N) is 2. The molecule has 0 bridgehead atoms. The maximum Gasteiger partial charge on any atom is 0.254 e. The van der Waals surface area contributed by atoms with E-state index >= 15 is 0 Å². The fourth-order valence-electron chi connectivity index (χ4n) is 3.33. The van der Waals surface area contributed by atoms with Crippen LogP contribution >= 0.6 is 23.5 Å². The van der Waals surface area contributed by atoms with Crippen LogP contribution in [-0.2, 0) is 23.9 Å². The van der Waals surface area contributed by atoms with Crippen LogP contribution in [0.5, 0.6) is 0 Å². The molecule has 0 radical (unpaired) electrons. The number of Topliss-reactive ketones (excluding diaryl/α,β-unsaturated/α-hetero) is 1. The summed E-state index contributed by atoms with van der Waals surface area (Å²) in [7, 11) is 0. The highest BCUT2D eigenvalue weighted by Gasteiger charge is 2.50. The number of nitrogens with one attached hydrogen (secondary N) is 3. The van der Waals surface area contributed by atoms with Gasteiger partial charge in [0, 0.05) is 23.9 Å². The smallest absolute Gasteiger partial charge is 0.254 e. The van der Waals surface area contributed by atoms with Crippen LogP contribution in [0.3, 0.4) is 0 Å². The number of carbonyl (C=O) groups is 4. The lowest BCUT2D eigenvalue weighted by Crippen LogP contribution is -2.62. The molecule has 2 rings (SSSR count). The summed E-state index contributed by atoms with van der Waals surface area (Å²) >= 11 is 2.65. The Balaban J connectivity index is 2.20. The maximum atomic E-state index is 13.3. The van der Waals surface area contributed by atoms with Crippen molar-refractivity contribution in [3.8, 4) is 0 Å². The molecule has 1 fully saturated rings. The lowest BCUT2D eigenvalue weighted by atomic mass is 9.93. The van der Waals surface area contributed by atoms with Crippen LogP contribution < -0.4 is 16.0 Å². The van der Waals surface area contributed by atoms with E-state index in [1.54, 1.807) is 19.4 Å². The molecule has 3 unspecified atom stereocenters. The SMILES string of the molecule is CSCC(NC(=O)[C@](C=O)(CSC)Nc1cnccn1)C(=O)NC(CC(C)C)C(=O)C1(C)CO1. The third-order valence-corrected chi connectivity index (χ3v) is 6.70. The zero-order valence-corrected chi connectivity index (χ0v) is 21.8. The predicted octanol–water partition coefficient (Wildman–Crippen LogP) is 0.926. The van der Waals surface area contributed by atoms with E-state index in [-0.39, 0.29) is 29.0 Å². The van der Waals surface area contributed by atoms with Crippen LogP contribution in [0.1, 0.15) is 27.2 Å². The molecule has 4 atom stereocenters. The van der Waals surface area contributed by atoms with Crippen LogP contribution in [0.25, 0.3) is 0 Å². The number of aromatic nitrogens is 2. The highest BCUT2D eigenvalue weighted by molar-refractivity contribution is 7.98. The number of anilines is 1. The molecule has 1 aromatic heterocycles. The quantitative estimate of drug-likeness (QED) is 0.177. The molecule has 1 aromatic rings. The molecule has 0 aromatic carbocycles. The Bertz CT molecular complexity index is 869. The minimum absolute atomic E-state index is 0.108. The molecule has 3 N–H and O–H groups in total. The van der Waals surface area contributed by atoms with E-state index in [4.69, 9.17) is 4.74 Å². The topological polar surface area (TPSA) is 143 Å². The minimum atomic E-state index is -1.66. The van der Waals surface area contributed by atoms with Crippen molar-refractivity contribution < 1.29 is 23.9 Å². The van der Waals surface area contributed by atoms with Gasteiger partial charge in [-0.1, -0.05) is 13.8 Å². The summed E-state index contributed by atoms with van der Waals surface area (Å²) in [6.45, 7) is 5.95. The fourth-order valence-corrected chi connectivity index (χ4v) is 4.62. The van der Waals surface area contributed by atoms with Crippen LogP contribution in [0.15, 0.2) is 18.6 Å². The van der Waals surface area contributed by atoms with Gasteiger partial charge in [0.25, 0.3) is 5.91 Å². The number of epoxide rings is 1. The van der Waals surface area contributed by atoms with E-state index < -0.39 is 35.0 Å². The Morgan fingerprint density at radius 2 is 1.91 bits per heavy atom. The number of carbonyl (C=O) groups excluding carboxylic acids is 4. The molecule has 2 amide bonds. The normalized spacial score (nSPS) is 20.5. The van der Waals surface area contributed by atoms with Gasteiger partial charge in [-0.05, 0) is 31.8 Å². The highest BCUT2D eigenvalue weighted by atomic mass is 32.2. The fraction of sp³-hybridized carbons (Fsp3) is 0.636. The molecule has 0 aliphatic carbocycles. The number of rotatable bonds is 15. The van der Waals surface area contributed by atoms with E-state index in [1.165, 1.54) is 42.1 Å². The lowest BCUT2D eigenvalue weighted by Gasteiger charge is -2.30. The van der Waals surface area contributed by atoms with Gasteiger partial charge in [0.15, 0.2) is 17.6 Å². The van der Waals surface area contributed by atoms with Gasteiger partial charge in [-0.3, -0.25) is 19.4 Å². The number of hydrogen-bond acceptors (Lipinski definition) is 10. The molecule has 0 spiro atoms. The number of hydrogen-bond donors (Lipinski definition) is 3. The predicted molar refractivity (Wildman–Crippen MR) is 134 cm³/mol. The van der Waals surface area contributed by atoms with Gasteiger partial charge in [0.2, 0.25) is 5.91 Å². The van der Waals surface area contributed by atoms with Gasteiger partial charge in [-0.25, -0.2) is 4.98 Å². The summed E-state index contributed by atoms with van der Waals surface area (Å²) in [4.78, 5) is 59.5. The maximum absolute atomic E-state index is 13.3. The Labute approximate surface area is 208 Å². The average Bonchev–Trinajstić information content (AvgIpc) is 3.56. The summed E-state index contributed by atoms with van der Waals surface area (Å²) < 4.78 is 5.28. The highest BCUT2D eigenvalue weighted by Crippen LogP contribution is 2.29. The summed E-state index contributed by atoms with van der Waals surface area (Å²) in [6, 6.07) is -1.69. The molecule has 1 saturated heterocycles. The molecule has 188 valence electrons. The Kier molecular flexibility index (Phi) is 10.3. The summed E-state index contributed by atoms with van der Waals surface area (Å²) in [5.41, 5.74) is -2.54. The van der Waals surface area contributed by atoms with E-state index in [2.05, 4.69) is 25.9 Å².